The van der Waals surface area contributed by atoms with Crippen LogP contribution in [0.25, 0.3) is 0 Å². The molecule has 1 amide bonds. The molecule has 1 atom stereocenters. The van der Waals surface area contributed by atoms with E-state index in [4.69, 9.17) is 0 Å². The molecule has 4 nitrogen and oxygen atoms in total. The van der Waals surface area contributed by atoms with Crippen molar-refractivity contribution in [1.82, 2.24) is 5.01 Å². The summed E-state index contributed by atoms with van der Waals surface area (Å²) in [5.41, 5.74) is 1.20. The minimum absolute atomic E-state index is 0.169. The zero-order valence-electron chi connectivity index (χ0n) is 14.2. The van der Waals surface area contributed by atoms with Crippen molar-refractivity contribution in [3.63, 3.8) is 0 Å². The molecule has 5 heteroatoms. The van der Waals surface area contributed by atoms with Crippen LogP contribution in [0, 0.1) is 0 Å². The quantitative estimate of drug-likeness (QED) is 0.816. The Morgan fingerprint density at radius 2 is 1.88 bits per heavy atom. The second-order valence-corrected chi connectivity index (χ2v) is 7.13. The maximum Gasteiger partial charge on any atom is 0.245 e. The first kappa shape index (κ1) is 17.8. The van der Waals surface area contributed by atoms with E-state index in [2.05, 4.69) is 21.0 Å². The predicted octanol–water partition coefficient (Wildman–Crippen LogP) is 4.23. The number of hydrogen-bond acceptors (Lipinski definition) is 3. The molecular formula is C20H21BrN2O2. The van der Waals surface area contributed by atoms with Crippen molar-refractivity contribution < 1.29 is 9.90 Å². The Morgan fingerprint density at radius 3 is 2.52 bits per heavy atom. The average Bonchev–Trinajstić information content (AvgIpc) is 2.99. The van der Waals surface area contributed by atoms with E-state index in [9.17, 15) is 9.90 Å². The standard InChI is InChI=1S/C20H21BrN2O2/c1-2-18-14-20(25,16-9-11-17(21)12-10-16)23(22-18)19(24)13-8-15-6-4-3-5-7-15/h3-7,9-12,25H,2,8,13-14H2,1H3/t20-/m0/s1. The van der Waals surface area contributed by atoms with Crippen LogP contribution < -0.4 is 0 Å². The van der Waals surface area contributed by atoms with Gasteiger partial charge in [0.2, 0.25) is 5.91 Å². The molecule has 1 N–H and O–H groups in total. The minimum Gasteiger partial charge on any atom is -0.365 e. The first-order chi connectivity index (χ1) is 12.0. The van der Waals surface area contributed by atoms with E-state index in [-0.39, 0.29) is 5.91 Å². The smallest absolute Gasteiger partial charge is 0.245 e. The molecule has 1 aliphatic rings. The molecular weight excluding hydrogens is 380 g/mol. The lowest BCUT2D eigenvalue weighted by Gasteiger charge is -2.31. The Hall–Kier alpha value is -1.98. The highest BCUT2D eigenvalue weighted by atomic mass is 79.9. The highest BCUT2D eigenvalue weighted by Gasteiger charge is 2.45. The van der Waals surface area contributed by atoms with Crippen LogP contribution in [0.3, 0.4) is 0 Å². The topological polar surface area (TPSA) is 52.9 Å². The number of rotatable bonds is 5. The SMILES string of the molecule is CCC1=NN(C(=O)CCc2ccccc2)[C@@](O)(c2ccc(Br)cc2)C1. The second-order valence-electron chi connectivity index (χ2n) is 6.21. The first-order valence-electron chi connectivity index (χ1n) is 8.44. The molecule has 0 saturated carbocycles. The molecule has 0 fully saturated rings. The van der Waals surface area contributed by atoms with Gasteiger partial charge in [-0.25, -0.2) is 0 Å². The average molecular weight is 401 g/mol. The van der Waals surface area contributed by atoms with Gasteiger partial charge < -0.3 is 5.11 Å². The molecule has 3 rings (SSSR count). The molecule has 1 aliphatic heterocycles. The zero-order valence-corrected chi connectivity index (χ0v) is 15.7. The first-order valence-corrected chi connectivity index (χ1v) is 9.24. The number of aliphatic hydroxyl groups is 1. The number of amides is 1. The van der Waals surface area contributed by atoms with Crippen LogP contribution in [0.1, 0.15) is 37.3 Å². The van der Waals surface area contributed by atoms with Crippen molar-refractivity contribution in [2.45, 2.75) is 38.3 Å². The van der Waals surface area contributed by atoms with E-state index in [1.54, 1.807) is 0 Å². The molecule has 0 radical (unpaired) electrons. The summed E-state index contributed by atoms with van der Waals surface area (Å²) in [6.07, 6.45) is 2.00. The molecule has 2 aromatic rings. The summed E-state index contributed by atoms with van der Waals surface area (Å²) in [5.74, 6) is -0.169. The Bertz CT molecular complexity index is 774. The lowest BCUT2D eigenvalue weighted by atomic mass is 9.96. The highest BCUT2D eigenvalue weighted by Crippen LogP contribution is 2.37. The third-order valence-corrected chi connectivity index (χ3v) is 4.99. The fraction of sp³-hybridized carbons (Fsp3) is 0.300. The highest BCUT2D eigenvalue weighted by molar-refractivity contribution is 9.10. The van der Waals surface area contributed by atoms with Gasteiger partial charge in [-0.05, 0) is 30.5 Å². The van der Waals surface area contributed by atoms with Crippen LogP contribution in [0.2, 0.25) is 0 Å². The number of carbonyl (C=O) groups excluding carboxylic acids is 1. The van der Waals surface area contributed by atoms with Crippen LogP contribution in [0.5, 0.6) is 0 Å². The zero-order chi connectivity index (χ0) is 17.9. The lowest BCUT2D eigenvalue weighted by molar-refractivity contribution is -0.157. The maximum absolute atomic E-state index is 12.8. The molecule has 0 bridgehead atoms. The number of halogens is 1. The second kappa shape index (κ2) is 7.50. The summed E-state index contributed by atoms with van der Waals surface area (Å²) < 4.78 is 0.927. The number of hydrazone groups is 1. The van der Waals surface area contributed by atoms with E-state index in [1.807, 2.05) is 61.5 Å². The maximum atomic E-state index is 12.8. The van der Waals surface area contributed by atoms with Crippen LogP contribution in [0.15, 0.2) is 64.2 Å². The van der Waals surface area contributed by atoms with Gasteiger partial charge in [-0.15, -0.1) is 0 Å². The Balaban J connectivity index is 1.81. The summed E-state index contributed by atoms with van der Waals surface area (Å²) in [6, 6.07) is 17.3. The summed E-state index contributed by atoms with van der Waals surface area (Å²) in [6.45, 7) is 1.98. The van der Waals surface area contributed by atoms with Crippen molar-refractivity contribution in [2.24, 2.45) is 5.10 Å². The Labute approximate surface area is 156 Å². The molecule has 0 aromatic heterocycles. The summed E-state index contributed by atoms with van der Waals surface area (Å²) in [4.78, 5) is 12.8. The van der Waals surface area contributed by atoms with E-state index in [1.165, 1.54) is 5.01 Å². The summed E-state index contributed by atoms with van der Waals surface area (Å²) in [7, 11) is 0. The van der Waals surface area contributed by atoms with Gasteiger partial charge in [0.25, 0.3) is 0 Å². The Kier molecular flexibility index (Phi) is 5.35. The number of benzene rings is 2. The van der Waals surface area contributed by atoms with Crippen molar-refractivity contribution in [3.8, 4) is 0 Å². The van der Waals surface area contributed by atoms with Gasteiger partial charge in [0.05, 0.1) is 0 Å². The monoisotopic (exact) mass is 400 g/mol. The molecule has 25 heavy (non-hydrogen) atoms. The third-order valence-electron chi connectivity index (χ3n) is 4.46. The number of aryl methyl sites for hydroxylation is 1. The molecule has 2 aromatic carbocycles. The Morgan fingerprint density at radius 1 is 1.20 bits per heavy atom. The van der Waals surface area contributed by atoms with Crippen molar-refractivity contribution >= 4 is 27.5 Å². The summed E-state index contributed by atoms with van der Waals surface area (Å²) >= 11 is 3.40. The number of nitrogens with zero attached hydrogens (tertiary/aromatic N) is 2. The van der Waals surface area contributed by atoms with Crippen LogP contribution >= 0.6 is 15.9 Å². The minimum atomic E-state index is -1.40. The molecule has 130 valence electrons. The normalized spacial score (nSPS) is 19.8. The van der Waals surface area contributed by atoms with Crippen LogP contribution in [-0.2, 0) is 16.9 Å². The van der Waals surface area contributed by atoms with Gasteiger partial charge in [-0.2, -0.15) is 10.1 Å². The fourth-order valence-electron chi connectivity index (χ4n) is 3.02. The van der Waals surface area contributed by atoms with Gasteiger partial charge in [0, 0.05) is 28.6 Å². The molecule has 0 unspecified atom stereocenters. The number of carbonyl (C=O) groups is 1. The van der Waals surface area contributed by atoms with Gasteiger partial charge in [-0.3, -0.25) is 4.79 Å². The van der Waals surface area contributed by atoms with E-state index >= 15 is 0 Å². The molecule has 0 spiro atoms. The summed E-state index contributed by atoms with van der Waals surface area (Å²) in [5, 5.41) is 16.9. The molecule has 0 saturated heterocycles. The van der Waals surface area contributed by atoms with Gasteiger partial charge >= 0.3 is 0 Å². The van der Waals surface area contributed by atoms with Crippen molar-refractivity contribution in [3.05, 3.63) is 70.2 Å². The van der Waals surface area contributed by atoms with Gasteiger partial charge in [0.15, 0.2) is 5.72 Å². The number of hydrogen-bond donors (Lipinski definition) is 1. The predicted molar refractivity (Wildman–Crippen MR) is 102 cm³/mol. The fourth-order valence-corrected chi connectivity index (χ4v) is 3.28. The van der Waals surface area contributed by atoms with Crippen molar-refractivity contribution in [2.75, 3.05) is 0 Å². The van der Waals surface area contributed by atoms with E-state index in [0.717, 1.165) is 15.7 Å². The van der Waals surface area contributed by atoms with Crippen molar-refractivity contribution in [1.29, 1.82) is 0 Å². The largest absolute Gasteiger partial charge is 0.365 e. The van der Waals surface area contributed by atoms with E-state index < -0.39 is 5.72 Å². The molecule has 0 aliphatic carbocycles. The van der Waals surface area contributed by atoms with Crippen LogP contribution in [0.4, 0.5) is 0 Å². The van der Waals surface area contributed by atoms with Crippen LogP contribution in [-0.4, -0.2) is 21.7 Å². The van der Waals surface area contributed by atoms with Gasteiger partial charge in [-0.1, -0.05) is 65.3 Å². The molecule has 1 heterocycles. The van der Waals surface area contributed by atoms with Gasteiger partial charge in [0.1, 0.15) is 0 Å². The van der Waals surface area contributed by atoms with E-state index in [0.29, 0.717) is 31.2 Å². The third kappa shape index (κ3) is 3.83. The lowest BCUT2D eigenvalue weighted by Crippen LogP contribution is -2.43.